The summed E-state index contributed by atoms with van der Waals surface area (Å²) in [6.45, 7) is 2.69. The highest BCUT2D eigenvalue weighted by atomic mass is 79.9. The smallest absolute Gasteiger partial charge is 0.243 e. The normalized spacial score (nSPS) is 15.9. The highest BCUT2D eigenvalue weighted by molar-refractivity contribution is 9.10. The summed E-state index contributed by atoms with van der Waals surface area (Å²) in [7, 11) is 0. The lowest BCUT2D eigenvalue weighted by molar-refractivity contribution is -0.126. The van der Waals surface area contributed by atoms with Crippen LogP contribution in [-0.2, 0) is 11.3 Å². The third kappa shape index (κ3) is 5.89. The number of phenols is 1. The number of carbonyl (C=O) groups is 1. The number of hydrogen-bond donors (Lipinski definition) is 2. The fraction of sp³-hybridized carbons (Fsp3) is 0.300. The zero-order valence-electron chi connectivity index (χ0n) is 14.7. The first kappa shape index (κ1) is 20.0. The van der Waals surface area contributed by atoms with Gasteiger partial charge in [-0.05, 0) is 61.8 Å². The maximum atomic E-state index is 12.3. The fourth-order valence-corrected chi connectivity index (χ4v) is 3.73. The van der Waals surface area contributed by atoms with Crippen LogP contribution in [0.25, 0.3) is 0 Å². The Labute approximate surface area is 175 Å². The van der Waals surface area contributed by atoms with E-state index in [0.29, 0.717) is 5.56 Å². The molecule has 3 rings (SSSR count). The van der Waals surface area contributed by atoms with E-state index in [0.717, 1.165) is 41.4 Å². The number of carbonyl (C=O) groups excluding carboxylic acids is 1. The van der Waals surface area contributed by atoms with Gasteiger partial charge in [0.25, 0.3) is 0 Å². The molecule has 0 aliphatic carbocycles. The first-order valence-electron chi connectivity index (χ1n) is 8.79. The Morgan fingerprint density at radius 1 is 1.15 bits per heavy atom. The van der Waals surface area contributed by atoms with Crippen molar-refractivity contribution in [3.8, 4) is 5.75 Å². The topological polar surface area (TPSA) is 64.9 Å². The van der Waals surface area contributed by atoms with Crippen LogP contribution in [0.1, 0.15) is 24.0 Å². The molecule has 2 aromatic rings. The number of phenolic OH excluding ortho intramolecular Hbond substituents is 1. The fourth-order valence-electron chi connectivity index (χ4n) is 3.09. The van der Waals surface area contributed by atoms with Gasteiger partial charge in [-0.1, -0.05) is 44.0 Å². The van der Waals surface area contributed by atoms with Gasteiger partial charge in [0.15, 0.2) is 0 Å². The predicted molar refractivity (Wildman–Crippen MR) is 114 cm³/mol. The van der Waals surface area contributed by atoms with Gasteiger partial charge in [0.2, 0.25) is 5.91 Å². The number of amides is 1. The molecule has 27 heavy (non-hydrogen) atoms. The first-order chi connectivity index (χ1) is 13.0. The number of aromatic hydroxyl groups is 1. The molecule has 7 heteroatoms. The number of hydrazone groups is 1. The zero-order chi connectivity index (χ0) is 19.2. The summed E-state index contributed by atoms with van der Waals surface area (Å²) in [6.07, 6.45) is 3.10. The lowest BCUT2D eigenvalue weighted by Gasteiger charge is -2.30. The Bertz CT molecular complexity index is 816. The van der Waals surface area contributed by atoms with Gasteiger partial charge in [-0.25, -0.2) is 5.43 Å². The van der Waals surface area contributed by atoms with E-state index < -0.39 is 0 Å². The maximum absolute atomic E-state index is 12.3. The highest BCUT2D eigenvalue weighted by Crippen LogP contribution is 2.21. The zero-order valence-corrected chi connectivity index (χ0v) is 17.9. The van der Waals surface area contributed by atoms with Crippen molar-refractivity contribution in [3.05, 3.63) is 62.5 Å². The second-order valence-corrected chi connectivity index (χ2v) is 8.45. The molecule has 1 heterocycles. The Morgan fingerprint density at radius 3 is 2.52 bits per heavy atom. The molecule has 1 aliphatic rings. The lowest BCUT2D eigenvalue weighted by atomic mass is 9.96. The number of halogens is 2. The monoisotopic (exact) mass is 493 g/mol. The van der Waals surface area contributed by atoms with E-state index in [9.17, 15) is 9.90 Å². The average molecular weight is 495 g/mol. The number of hydrogen-bond acceptors (Lipinski definition) is 4. The number of nitrogens with zero attached hydrogens (tertiary/aromatic N) is 2. The van der Waals surface area contributed by atoms with Crippen LogP contribution in [0.2, 0.25) is 0 Å². The molecule has 0 bridgehead atoms. The van der Waals surface area contributed by atoms with Crippen molar-refractivity contribution < 1.29 is 9.90 Å². The molecular weight excluding hydrogens is 474 g/mol. The minimum atomic E-state index is -0.0657. The summed E-state index contributed by atoms with van der Waals surface area (Å²) in [5.41, 5.74) is 4.43. The molecule has 0 radical (unpaired) electrons. The summed E-state index contributed by atoms with van der Waals surface area (Å²) < 4.78 is 1.92. The van der Waals surface area contributed by atoms with Gasteiger partial charge in [0.1, 0.15) is 5.75 Å². The van der Waals surface area contributed by atoms with E-state index in [1.54, 1.807) is 18.2 Å². The SMILES string of the molecule is O=C(NN=Cc1cc(Br)ccc1O)C1CCN(Cc2ccc(Br)cc2)CC1. The van der Waals surface area contributed by atoms with E-state index >= 15 is 0 Å². The van der Waals surface area contributed by atoms with E-state index in [1.807, 2.05) is 0 Å². The van der Waals surface area contributed by atoms with Gasteiger partial charge in [0.05, 0.1) is 6.21 Å². The molecule has 1 amide bonds. The van der Waals surface area contributed by atoms with Gasteiger partial charge < -0.3 is 5.11 Å². The largest absolute Gasteiger partial charge is 0.507 e. The quantitative estimate of drug-likeness (QED) is 0.481. The Hall–Kier alpha value is -1.70. The summed E-state index contributed by atoms with van der Waals surface area (Å²) >= 11 is 6.80. The van der Waals surface area contributed by atoms with Crippen LogP contribution in [0.5, 0.6) is 5.75 Å². The van der Waals surface area contributed by atoms with Gasteiger partial charge in [-0.3, -0.25) is 9.69 Å². The van der Waals surface area contributed by atoms with Crippen molar-refractivity contribution in [1.82, 2.24) is 10.3 Å². The molecule has 0 atom stereocenters. The van der Waals surface area contributed by atoms with Gasteiger partial charge in [-0.2, -0.15) is 5.10 Å². The second-order valence-electron chi connectivity index (χ2n) is 6.61. The molecule has 2 N–H and O–H groups in total. The molecule has 0 saturated carbocycles. The number of piperidine rings is 1. The molecule has 1 fully saturated rings. The van der Waals surface area contributed by atoms with Crippen molar-refractivity contribution in [2.45, 2.75) is 19.4 Å². The molecule has 1 saturated heterocycles. The number of nitrogens with one attached hydrogen (secondary N) is 1. The van der Waals surface area contributed by atoms with Gasteiger partial charge in [-0.15, -0.1) is 0 Å². The van der Waals surface area contributed by atoms with Crippen LogP contribution < -0.4 is 5.43 Å². The molecule has 5 nitrogen and oxygen atoms in total. The molecule has 142 valence electrons. The van der Waals surface area contributed by atoms with Gasteiger partial charge >= 0.3 is 0 Å². The molecule has 0 aromatic heterocycles. The van der Waals surface area contributed by atoms with E-state index in [2.05, 4.69) is 71.6 Å². The molecular formula is C20H21Br2N3O2. The van der Waals surface area contributed by atoms with E-state index in [4.69, 9.17) is 0 Å². The first-order valence-corrected chi connectivity index (χ1v) is 10.4. The van der Waals surface area contributed by atoms with Crippen molar-refractivity contribution in [3.63, 3.8) is 0 Å². The highest BCUT2D eigenvalue weighted by Gasteiger charge is 2.24. The van der Waals surface area contributed by atoms with Crippen molar-refractivity contribution in [2.24, 2.45) is 11.0 Å². The summed E-state index contributed by atoms with van der Waals surface area (Å²) in [5.74, 6) is 0.0286. The van der Waals surface area contributed by atoms with Crippen molar-refractivity contribution >= 4 is 44.0 Å². The minimum absolute atomic E-state index is 0.0283. The van der Waals surface area contributed by atoms with Crippen LogP contribution in [0, 0.1) is 5.92 Å². The Balaban J connectivity index is 1.46. The number of likely N-dealkylation sites (tertiary alicyclic amines) is 1. The number of rotatable bonds is 5. The third-order valence-corrected chi connectivity index (χ3v) is 5.67. The Kier molecular flexibility index (Phi) is 7.04. The van der Waals surface area contributed by atoms with Crippen molar-refractivity contribution in [2.75, 3.05) is 13.1 Å². The standard InChI is InChI=1S/C20H21Br2N3O2/c21-17-3-1-14(2-4-17)13-25-9-7-15(8-10-25)20(27)24-23-12-16-11-18(22)5-6-19(16)26/h1-6,11-12,15,26H,7-10,13H2,(H,24,27). The molecule has 1 aliphatic heterocycles. The van der Waals surface area contributed by atoms with E-state index in [-0.39, 0.29) is 17.6 Å². The Morgan fingerprint density at radius 2 is 1.81 bits per heavy atom. The third-order valence-electron chi connectivity index (χ3n) is 4.65. The average Bonchev–Trinajstić information content (AvgIpc) is 2.67. The summed E-state index contributed by atoms with van der Waals surface area (Å²) in [5, 5.41) is 13.8. The predicted octanol–water partition coefficient (Wildman–Crippen LogP) is 4.28. The maximum Gasteiger partial charge on any atom is 0.243 e. The van der Waals surface area contributed by atoms with Crippen LogP contribution in [0.4, 0.5) is 0 Å². The van der Waals surface area contributed by atoms with Gasteiger partial charge in [0, 0.05) is 27.0 Å². The molecule has 0 unspecified atom stereocenters. The second kappa shape index (κ2) is 9.48. The van der Waals surface area contributed by atoms with Crippen LogP contribution in [-0.4, -0.2) is 35.2 Å². The lowest BCUT2D eigenvalue weighted by Crippen LogP contribution is -2.39. The molecule has 2 aromatic carbocycles. The van der Waals surface area contributed by atoms with E-state index in [1.165, 1.54) is 11.8 Å². The van der Waals surface area contributed by atoms with Crippen LogP contribution in [0.15, 0.2) is 56.5 Å². The van der Waals surface area contributed by atoms with Crippen LogP contribution >= 0.6 is 31.9 Å². The summed E-state index contributed by atoms with van der Waals surface area (Å²) in [4.78, 5) is 14.7. The molecule has 0 spiro atoms. The summed E-state index contributed by atoms with van der Waals surface area (Å²) in [6, 6.07) is 13.4. The minimum Gasteiger partial charge on any atom is -0.507 e. The van der Waals surface area contributed by atoms with Crippen molar-refractivity contribution in [1.29, 1.82) is 0 Å². The number of benzene rings is 2. The van der Waals surface area contributed by atoms with Crippen LogP contribution in [0.3, 0.4) is 0 Å².